The quantitative estimate of drug-likeness (QED) is 0.564. The molecule has 9 nitrogen and oxygen atoms in total. The number of rotatable bonds is 8. The summed E-state index contributed by atoms with van der Waals surface area (Å²) in [7, 11) is 0. The molecule has 3 heterocycles. The molecular formula is C21H31N5O4. The number of ether oxygens (including phenoxy) is 1. The molecule has 2 aromatic rings. The number of hydrogen-bond acceptors (Lipinski definition) is 6. The van der Waals surface area contributed by atoms with Gasteiger partial charge in [-0.2, -0.15) is 5.10 Å². The number of aryl methyl sites for hydroxylation is 2. The molecule has 3 N–H and O–H groups in total. The van der Waals surface area contributed by atoms with Crippen LogP contribution in [-0.2, 0) is 33.8 Å². The van der Waals surface area contributed by atoms with Crippen LogP contribution in [0.1, 0.15) is 51.8 Å². The van der Waals surface area contributed by atoms with Crippen molar-refractivity contribution in [1.82, 2.24) is 20.1 Å². The fraction of sp³-hybridized carbons (Fsp3) is 0.619. The minimum Gasteiger partial charge on any atom is -0.480 e. The number of carbonyl (C=O) groups is 2. The highest BCUT2D eigenvalue weighted by atomic mass is 16.5. The molecular weight excluding hydrogens is 386 g/mol. The van der Waals surface area contributed by atoms with Crippen molar-refractivity contribution in [3.8, 4) is 0 Å². The maximum atomic E-state index is 12.5. The summed E-state index contributed by atoms with van der Waals surface area (Å²) in [5.74, 6) is -1.69. The molecule has 0 aromatic carbocycles. The number of amides is 1. The molecule has 0 bridgehead atoms. The molecule has 0 spiro atoms. The Hall–Kier alpha value is -2.68. The molecule has 1 saturated heterocycles. The van der Waals surface area contributed by atoms with Gasteiger partial charge in [0, 0.05) is 43.6 Å². The summed E-state index contributed by atoms with van der Waals surface area (Å²) in [5.41, 5.74) is 1.95. The minimum atomic E-state index is -1.51. The van der Waals surface area contributed by atoms with E-state index >= 15 is 0 Å². The molecule has 1 aliphatic rings. The van der Waals surface area contributed by atoms with E-state index < -0.39 is 17.3 Å². The van der Waals surface area contributed by atoms with Gasteiger partial charge in [0.25, 0.3) is 0 Å². The van der Waals surface area contributed by atoms with E-state index in [2.05, 4.69) is 15.7 Å². The van der Waals surface area contributed by atoms with Crippen LogP contribution in [0.5, 0.6) is 0 Å². The molecule has 0 saturated carbocycles. The first kappa shape index (κ1) is 22.0. The van der Waals surface area contributed by atoms with Gasteiger partial charge in [0.15, 0.2) is 5.65 Å². The van der Waals surface area contributed by atoms with E-state index in [1.807, 2.05) is 18.5 Å². The van der Waals surface area contributed by atoms with E-state index in [1.165, 1.54) is 13.8 Å². The highest BCUT2D eigenvalue weighted by Gasteiger charge is 2.36. The Morgan fingerprint density at radius 2 is 2.00 bits per heavy atom. The molecule has 1 fully saturated rings. The summed E-state index contributed by atoms with van der Waals surface area (Å²) in [4.78, 5) is 28.8. The highest BCUT2D eigenvalue weighted by Crippen LogP contribution is 2.31. The summed E-state index contributed by atoms with van der Waals surface area (Å²) in [6.45, 7) is 9.17. The van der Waals surface area contributed by atoms with E-state index in [1.54, 1.807) is 6.20 Å². The van der Waals surface area contributed by atoms with Crippen LogP contribution in [0.2, 0.25) is 0 Å². The molecule has 0 unspecified atom stereocenters. The number of aromatic nitrogens is 3. The number of hydrogen-bond donors (Lipinski definition) is 3. The molecule has 1 aliphatic heterocycles. The van der Waals surface area contributed by atoms with Crippen LogP contribution >= 0.6 is 0 Å². The maximum absolute atomic E-state index is 12.5. The monoisotopic (exact) mass is 417 g/mol. The first-order valence-electron chi connectivity index (χ1n) is 10.5. The van der Waals surface area contributed by atoms with Gasteiger partial charge >= 0.3 is 5.97 Å². The second-order valence-electron chi connectivity index (χ2n) is 8.11. The fourth-order valence-corrected chi connectivity index (χ4v) is 3.59. The third-order valence-corrected chi connectivity index (χ3v) is 5.70. The van der Waals surface area contributed by atoms with Crippen LogP contribution in [0.15, 0.2) is 6.20 Å². The second-order valence-corrected chi connectivity index (χ2v) is 8.11. The summed E-state index contributed by atoms with van der Waals surface area (Å²) >= 11 is 0. The van der Waals surface area contributed by atoms with Crippen molar-refractivity contribution in [2.45, 2.75) is 66.1 Å². The Kier molecular flexibility index (Phi) is 6.60. The third kappa shape index (κ3) is 4.26. The Bertz CT molecular complexity index is 931. The molecule has 164 valence electrons. The van der Waals surface area contributed by atoms with Crippen LogP contribution in [0.3, 0.4) is 0 Å². The van der Waals surface area contributed by atoms with Crippen LogP contribution in [-0.4, -0.2) is 51.0 Å². The van der Waals surface area contributed by atoms with Gasteiger partial charge in [-0.25, -0.2) is 9.67 Å². The van der Waals surface area contributed by atoms with Gasteiger partial charge in [-0.3, -0.25) is 9.59 Å². The summed E-state index contributed by atoms with van der Waals surface area (Å²) in [6, 6.07) is 0.254. The lowest BCUT2D eigenvalue weighted by molar-refractivity contribution is -0.153. The molecule has 9 heteroatoms. The molecule has 0 atom stereocenters. The number of aliphatic carboxylic acids is 1. The predicted molar refractivity (Wildman–Crippen MR) is 113 cm³/mol. The molecule has 2 aromatic heterocycles. The Labute approximate surface area is 176 Å². The van der Waals surface area contributed by atoms with E-state index in [-0.39, 0.29) is 12.6 Å². The zero-order chi connectivity index (χ0) is 21.9. The molecule has 0 radical (unpaired) electrons. The van der Waals surface area contributed by atoms with Crippen molar-refractivity contribution in [3.63, 3.8) is 0 Å². The number of anilines is 1. The first-order valence-corrected chi connectivity index (χ1v) is 10.5. The van der Waals surface area contributed by atoms with E-state index in [9.17, 15) is 14.7 Å². The highest BCUT2D eigenvalue weighted by molar-refractivity contribution is 6.01. The smallest absolute Gasteiger partial charge is 0.318 e. The number of carbonyl (C=O) groups excluding carboxylic acids is 1. The van der Waals surface area contributed by atoms with Gasteiger partial charge in [0.2, 0.25) is 5.91 Å². The van der Waals surface area contributed by atoms with Crippen LogP contribution in [0.25, 0.3) is 11.0 Å². The van der Waals surface area contributed by atoms with E-state index in [4.69, 9.17) is 9.72 Å². The minimum absolute atomic E-state index is 0.199. The lowest BCUT2D eigenvalue weighted by Gasteiger charge is -2.27. The zero-order valence-corrected chi connectivity index (χ0v) is 18.1. The molecule has 0 aliphatic carbocycles. The fourth-order valence-electron chi connectivity index (χ4n) is 3.59. The number of nitrogens with zero attached hydrogens (tertiary/aromatic N) is 3. The number of pyridine rings is 1. The first-order chi connectivity index (χ1) is 14.3. The Morgan fingerprint density at radius 3 is 2.60 bits per heavy atom. The van der Waals surface area contributed by atoms with Crippen LogP contribution in [0.4, 0.5) is 5.69 Å². The van der Waals surface area contributed by atoms with Crippen LogP contribution < -0.4 is 10.6 Å². The van der Waals surface area contributed by atoms with E-state index in [0.29, 0.717) is 26.2 Å². The zero-order valence-electron chi connectivity index (χ0n) is 18.1. The van der Waals surface area contributed by atoms with Crippen LogP contribution in [0, 0.1) is 5.41 Å². The molecule has 1 amide bonds. The summed E-state index contributed by atoms with van der Waals surface area (Å²) in [5, 5.41) is 21.2. The SMILES string of the molecule is CCc1nc2c(cnn2CC)c(NC2CCOCC2)c1CNC(=O)C(C)(C)C(=O)O. The molecule has 3 rings (SSSR count). The Morgan fingerprint density at radius 1 is 1.30 bits per heavy atom. The molecule has 30 heavy (non-hydrogen) atoms. The average molecular weight is 418 g/mol. The van der Waals surface area contributed by atoms with Crippen molar-refractivity contribution in [2.75, 3.05) is 18.5 Å². The second kappa shape index (κ2) is 8.99. The van der Waals surface area contributed by atoms with Crippen molar-refractivity contribution in [2.24, 2.45) is 5.41 Å². The Balaban J connectivity index is 2.00. The van der Waals surface area contributed by atoms with Crippen molar-refractivity contribution in [3.05, 3.63) is 17.5 Å². The maximum Gasteiger partial charge on any atom is 0.318 e. The van der Waals surface area contributed by atoms with Gasteiger partial charge in [0.05, 0.1) is 17.3 Å². The van der Waals surface area contributed by atoms with Gasteiger partial charge in [-0.05, 0) is 40.0 Å². The van der Waals surface area contributed by atoms with E-state index in [0.717, 1.165) is 40.8 Å². The van der Waals surface area contributed by atoms with Crippen molar-refractivity contribution >= 4 is 28.6 Å². The standard InChI is InChI=1S/C21H31N5O4/c1-5-16-14(11-22-19(27)21(3,4)20(28)29)17(24-13-7-9-30-10-8-13)15-12-23-26(6-2)18(15)25-16/h12-13H,5-11H2,1-4H3,(H,22,27)(H,24,25)(H,28,29). The lowest BCUT2D eigenvalue weighted by atomic mass is 9.92. The number of nitrogens with one attached hydrogen (secondary N) is 2. The number of carboxylic acid groups (broad SMARTS) is 1. The number of fused-ring (bicyclic) bond motifs is 1. The topological polar surface area (TPSA) is 118 Å². The van der Waals surface area contributed by atoms with Crippen molar-refractivity contribution in [1.29, 1.82) is 0 Å². The summed E-state index contributed by atoms with van der Waals surface area (Å²) < 4.78 is 7.34. The summed E-state index contributed by atoms with van der Waals surface area (Å²) in [6.07, 6.45) is 4.27. The lowest BCUT2D eigenvalue weighted by Crippen LogP contribution is -2.42. The van der Waals surface area contributed by atoms with Gasteiger partial charge in [-0.1, -0.05) is 6.92 Å². The predicted octanol–water partition coefficient (Wildman–Crippen LogP) is 2.33. The van der Waals surface area contributed by atoms with Crippen molar-refractivity contribution < 1.29 is 19.4 Å². The van der Waals surface area contributed by atoms with Gasteiger partial charge < -0.3 is 20.5 Å². The normalized spacial score (nSPS) is 15.3. The largest absolute Gasteiger partial charge is 0.480 e. The number of carboxylic acids is 1. The third-order valence-electron chi connectivity index (χ3n) is 5.70. The van der Waals surface area contributed by atoms with Gasteiger partial charge in [-0.15, -0.1) is 0 Å². The van der Waals surface area contributed by atoms with Gasteiger partial charge in [0.1, 0.15) is 5.41 Å². The average Bonchev–Trinajstić information content (AvgIpc) is 3.15.